The highest BCUT2D eigenvalue weighted by Crippen LogP contribution is 2.24. The van der Waals surface area contributed by atoms with E-state index in [-0.39, 0.29) is 5.91 Å². The van der Waals surface area contributed by atoms with Crippen LogP contribution in [0.15, 0.2) is 24.3 Å². The van der Waals surface area contributed by atoms with Gasteiger partial charge in [0.25, 0.3) is 0 Å². The van der Waals surface area contributed by atoms with Gasteiger partial charge in [0.2, 0.25) is 5.91 Å². The zero-order valence-corrected chi connectivity index (χ0v) is 11.2. The SMILES string of the molecule is CC(C)C1CCCN1C(=O)Cc1cccc(N)c1. The second-order valence-electron chi connectivity index (χ2n) is 5.46. The second kappa shape index (κ2) is 5.42. The number of anilines is 1. The zero-order valence-electron chi connectivity index (χ0n) is 11.2. The van der Waals surface area contributed by atoms with E-state index in [4.69, 9.17) is 5.73 Å². The van der Waals surface area contributed by atoms with Gasteiger partial charge in [-0.3, -0.25) is 4.79 Å². The van der Waals surface area contributed by atoms with Gasteiger partial charge >= 0.3 is 0 Å². The van der Waals surface area contributed by atoms with E-state index in [2.05, 4.69) is 13.8 Å². The summed E-state index contributed by atoms with van der Waals surface area (Å²) in [6, 6.07) is 8.02. The van der Waals surface area contributed by atoms with Crippen molar-refractivity contribution >= 4 is 11.6 Å². The third-order valence-electron chi connectivity index (χ3n) is 3.70. The van der Waals surface area contributed by atoms with Gasteiger partial charge in [0.15, 0.2) is 0 Å². The zero-order chi connectivity index (χ0) is 13.1. The molecule has 1 unspecified atom stereocenters. The Morgan fingerprint density at radius 1 is 1.50 bits per heavy atom. The summed E-state index contributed by atoms with van der Waals surface area (Å²) in [7, 11) is 0. The molecule has 1 aromatic carbocycles. The van der Waals surface area contributed by atoms with E-state index in [1.165, 1.54) is 0 Å². The van der Waals surface area contributed by atoms with Gasteiger partial charge in [-0.05, 0) is 36.5 Å². The third kappa shape index (κ3) is 2.84. The van der Waals surface area contributed by atoms with Crippen molar-refractivity contribution in [3.63, 3.8) is 0 Å². The maximum Gasteiger partial charge on any atom is 0.227 e. The summed E-state index contributed by atoms with van der Waals surface area (Å²) in [4.78, 5) is 14.4. The topological polar surface area (TPSA) is 46.3 Å². The van der Waals surface area contributed by atoms with E-state index in [0.717, 1.165) is 30.6 Å². The number of benzene rings is 1. The van der Waals surface area contributed by atoms with Gasteiger partial charge in [-0.15, -0.1) is 0 Å². The van der Waals surface area contributed by atoms with Crippen LogP contribution in [0.25, 0.3) is 0 Å². The molecule has 1 saturated heterocycles. The summed E-state index contributed by atoms with van der Waals surface area (Å²) < 4.78 is 0. The van der Waals surface area contributed by atoms with Gasteiger partial charge in [-0.25, -0.2) is 0 Å². The molecule has 0 saturated carbocycles. The Hall–Kier alpha value is -1.51. The molecule has 3 nitrogen and oxygen atoms in total. The normalized spacial score (nSPS) is 19.5. The lowest BCUT2D eigenvalue weighted by molar-refractivity contribution is -0.132. The highest BCUT2D eigenvalue weighted by atomic mass is 16.2. The van der Waals surface area contributed by atoms with Crippen LogP contribution in [0.3, 0.4) is 0 Å². The van der Waals surface area contributed by atoms with Gasteiger partial charge in [-0.1, -0.05) is 26.0 Å². The molecule has 1 atom stereocenters. The van der Waals surface area contributed by atoms with E-state index >= 15 is 0 Å². The fourth-order valence-electron chi connectivity index (χ4n) is 2.77. The maximum absolute atomic E-state index is 12.3. The first-order chi connectivity index (χ1) is 8.58. The molecule has 1 amide bonds. The van der Waals surface area contributed by atoms with Crippen LogP contribution in [0, 0.1) is 5.92 Å². The summed E-state index contributed by atoms with van der Waals surface area (Å²) in [5.41, 5.74) is 7.47. The standard InChI is InChI=1S/C15H22N2O/c1-11(2)14-7-4-8-17(14)15(18)10-12-5-3-6-13(16)9-12/h3,5-6,9,11,14H,4,7-8,10,16H2,1-2H3. The van der Waals surface area contributed by atoms with Gasteiger partial charge in [0.05, 0.1) is 6.42 Å². The quantitative estimate of drug-likeness (QED) is 0.833. The number of likely N-dealkylation sites (tertiary alicyclic amines) is 1. The van der Waals surface area contributed by atoms with Crippen LogP contribution in [0.4, 0.5) is 5.69 Å². The van der Waals surface area contributed by atoms with Gasteiger partial charge in [0, 0.05) is 18.3 Å². The fraction of sp³-hybridized carbons (Fsp3) is 0.533. The molecule has 1 fully saturated rings. The minimum atomic E-state index is 0.233. The fourth-order valence-corrected chi connectivity index (χ4v) is 2.77. The molecule has 0 radical (unpaired) electrons. The predicted octanol–water partition coefficient (Wildman–Crippen LogP) is 2.46. The molecule has 3 heteroatoms. The Morgan fingerprint density at radius 3 is 2.94 bits per heavy atom. The molecule has 2 rings (SSSR count). The van der Waals surface area contributed by atoms with Gasteiger partial charge in [-0.2, -0.15) is 0 Å². The minimum absolute atomic E-state index is 0.233. The monoisotopic (exact) mass is 246 g/mol. The smallest absolute Gasteiger partial charge is 0.227 e. The van der Waals surface area contributed by atoms with E-state index in [1.54, 1.807) is 0 Å². The molecule has 1 aromatic rings. The first-order valence-electron chi connectivity index (χ1n) is 6.72. The van der Waals surface area contributed by atoms with Crippen LogP contribution in [0.1, 0.15) is 32.3 Å². The van der Waals surface area contributed by atoms with Crippen molar-refractivity contribution in [1.29, 1.82) is 0 Å². The first-order valence-corrected chi connectivity index (χ1v) is 6.72. The summed E-state index contributed by atoms with van der Waals surface area (Å²) in [6.07, 6.45) is 2.74. The molecule has 2 N–H and O–H groups in total. The Balaban J connectivity index is 2.03. The van der Waals surface area contributed by atoms with Crippen molar-refractivity contribution in [2.45, 2.75) is 39.2 Å². The Kier molecular flexibility index (Phi) is 3.90. The lowest BCUT2D eigenvalue weighted by Gasteiger charge is -2.27. The van der Waals surface area contributed by atoms with E-state index in [1.807, 2.05) is 29.2 Å². The molecular weight excluding hydrogens is 224 g/mol. The van der Waals surface area contributed by atoms with Crippen LogP contribution < -0.4 is 5.73 Å². The largest absolute Gasteiger partial charge is 0.399 e. The van der Waals surface area contributed by atoms with E-state index in [9.17, 15) is 4.79 Å². The number of nitrogens with two attached hydrogens (primary N) is 1. The number of hydrogen-bond acceptors (Lipinski definition) is 2. The Bertz CT molecular complexity index is 428. The lowest BCUT2D eigenvalue weighted by atomic mass is 10.0. The first kappa shape index (κ1) is 12.9. The number of carbonyl (C=O) groups is 1. The number of amides is 1. The molecule has 0 bridgehead atoms. The Morgan fingerprint density at radius 2 is 2.28 bits per heavy atom. The van der Waals surface area contributed by atoms with Gasteiger partial charge in [0.1, 0.15) is 0 Å². The van der Waals surface area contributed by atoms with E-state index < -0.39 is 0 Å². The van der Waals surface area contributed by atoms with Crippen LogP contribution in [0.5, 0.6) is 0 Å². The molecule has 98 valence electrons. The minimum Gasteiger partial charge on any atom is -0.399 e. The molecule has 1 heterocycles. The summed E-state index contributed by atoms with van der Waals surface area (Å²) >= 11 is 0. The van der Waals surface area contributed by atoms with Crippen molar-refractivity contribution in [2.24, 2.45) is 5.92 Å². The number of carbonyl (C=O) groups excluding carboxylic acids is 1. The second-order valence-corrected chi connectivity index (χ2v) is 5.46. The lowest BCUT2D eigenvalue weighted by Crippen LogP contribution is -2.39. The van der Waals surface area contributed by atoms with E-state index in [0.29, 0.717) is 18.4 Å². The maximum atomic E-state index is 12.3. The number of nitrogen functional groups attached to an aromatic ring is 1. The van der Waals surface area contributed by atoms with Crippen molar-refractivity contribution in [3.05, 3.63) is 29.8 Å². The van der Waals surface area contributed by atoms with Crippen molar-refractivity contribution < 1.29 is 4.79 Å². The number of nitrogens with zero attached hydrogens (tertiary/aromatic N) is 1. The average Bonchev–Trinajstić information content (AvgIpc) is 2.77. The summed E-state index contributed by atoms with van der Waals surface area (Å²) in [6.45, 7) is 5.29. The molecule has 18 heavy (non-hydrogen) atoms. The average molecular weight is 246 g/mol. The van der Waals surface area contributed by atoms with Gasteiger partial charge < -0.3 is 10.6 Å². The molecule has 0 aromatic heterocycles. The molecule has 1 aliphatic rings. The molecular formula is C15H22N2O. The van der Waals surface area contributed by atoms with Crippen LogP contribution in [-0.2, 0) is 11.2 Å². The Labute approximate surface area is 109 Å². The van der Waals surface area contributed by atoms with Crippen LogP contribution >= 0.6 is 0 Å². The van der Waals surface area contributed by atoms with Crippen molar-refractivity contribution in [2.75, 3.05) is 12.3 Å². The predicted molar refractivity (Wildman–Crippen MR) is 74.1 cm³/mol. The number of rotatable bonds is 3. The summed E-state index contributed by atoms with van der Waals surface area (Å²) in [5, 5.41) is 0. The molecule has 0 aliphatic carbocycles. The molecule has 1 aliphatic heterocycles. The third-order valence-corrected chi connectivity index (χ3v) is 3.70. The van der Waals surface area contributed by atoms with Crippen molar-refractivity contribution in [3.8, 4) is 0 Å². The van der Waals surface area contributed by atoms with Crippen molar-refractivity contribution in [1.82, 2.24) is 4.90 Å². The highest BCUT2D eigenvalue weighted by molar-refractivity contribution is 5.79. The molecule has 0 spiro atoms. The summed E-state index contributed by atoms with van der Waals surface area (Å²) in [5.74, 6) is 0.772. The number of hydrogen-bond donors (Lipinski definition) is 1. The highest BCUT2D eigenvalue weighted by Gasteiger charge is 2.30. The van der Waals surface area contributed by atoms with Crippen LogP contribution in [0.2, 0.25) is 0 Å². The van der Waals surface area contributed by atoms with Crippen LogP contribution in [-0.4, -0.2) is 23.4 Å².